The number of hydrogen-bond donors (Lipinski definition) is 0. The summed E-state index contributed by atoms with van der Waals surface area (Å²) in [6.07, 6.45) is 1.52. The van der Waals surface area contributed by atoms with Gasteiger partial charge in [0.1, 0.15) is 11.4 Å². The van der Waals surface area contributed by atoms with Crippen LogP contribution in [0.5, 0.6) is 17.2 Å². The van der Waals surface area contributed by atoms with Crippen molar-refractivity contribution in [2.75, 3.05) is 46.6 Å². The molecule has 2 atom stereocenters. The van der Waals surface area contributed by atoms with E-state index in [9.17, 15) is 13.2 Å². The van der Waals surface area contributed by atoms with E-state index in [0.717, 1.165) is 35.5 Å². The standard InChI is InChI=1S/C36H47NO9S/c1-27-12-18-30(19-13-27)47(39,40)45-25-24-44-34-26-37(35(38)46-36(2,3)4)21-20-31(34)28-14-16-29(17-15-28)42-22-8-9-23-43-33-11-7-6-10-32(33)41-5/h6-7,10-19,31,34H,8-9,20-26H2,1-5H3. The highest BCUT2D eigenvalue weighted by Gasteiger charge is 2.35. The summed E-state index contributed by atoms with van der Waals surface area (Å²) in [5.74, 6) is 2.18. The molecule has 1 fully saturated rings. The topological polar surface area (TPSA) is 110 Å². The molecule has 10 nitrogen and oxygen atoms in total. The van der Waals surface area contributed by atoms with Gasteiger partial charge in [-0.05, 0) is 88.9 Å². The molecule has 2 unspecified atom stereocenters. The Hall–Kier alpha value is -3.80. The predicted octanol–water partition coefficient (Wildman–Crippen LogP) is 6.76. The minimum atomic E-state index is -3.91. The molecule has 0 spiro atoms. The summed E-state index contributed by atoms with van der Waals surface area (Å²) in [5, 5.41) is 0. The Morgan fingerprint density at radius 2 is 1.51 bits per heavy atom. The molecule has 1 aliphatic rings. The first-order chi connectivity index (χ1) is 22.4. The maximum atomic E-state index is 12.9. The number of methoxy groups -OCH3 is 1. The Morgan fingerprint density at radius 3 is 2.17 bits per heavy atom. The number of rotatable bonds is 15. The predicted molar refractivity (Wildman–Crippen MR) is 179 cm³/mol. The lowest BCUT2D eigenvalue weighted by Crippen LogP contribution is -2.48. The van der Waals surface area contributed by atoms with Crippen molar-refractivity contribution in [1.82, 2.24) is 4.90 Å². The molecule has 0 N–H and O–H groups in total. The maximum absolute atomic E-state index is 12.9. The molecule has 47 heavy (non-hydrogen) atoms. The summed E-state index contributed by atoms with van der Waals surface area (Å²) in [6, 6.07) is 22.0. The number of piperidine rings is 1. The Kier molecular flexibility index (Phi) is 12.9. The van der Waals surface area contributed by atoms with Crippen LogP contribution in [0.25, 0.3) is 0 Å². The number of aryl methyl sites for hydroxylation is 1. The Morgan fingerprint density at radius 1 is 0.851 bits per heavy atom. The van der Waals surface area contributed by atoms with Crippen molar-refractivity contribution in [2.45, 2.75) is 69.5 Å². The quantitative estimate of drug-likeness (QED) is 0.128. The third-order valence-electron chi connectivity index (χ3n) is 7.62. The highest BCUT2D eigenvalue weighted by atomic mass is 32.2. The van der Waals surface area contributed by atoms with E-state index in [1.807, 2.05) is 76.2 Å². The number of hydrogen-bond acceptors (Lipinski definition) is 9. The average Bonchev–Trinajstić information content (AvgIpc) is 3.04. The van der Waals surface area contributed by atoms with E-state index in [4.69, 9.17) is 27.9 Å². The summed E-state index contributed by atoms with van der Waals surface area (Å²) in [5.41, 5.74) is 1.38. The molecule has 0 radical (unpaired) electrons. The van der Waals surface area contributed by atoms with Crippen LogP contribution in [0.2, 0.25) is 0 Å². The van der Waals surface area contributed by atoms with Crippen LogP contribution in [0.15, 0.2) is 77.7 Å². The number of ether oxygens (including phenoxy) is 5. The second-order valence-corrected chi connectivity index (χ2v) is 14.1. The lowest BCUT2D eigenvalue weighted by Gasteiger charge is -2.39. The first-order valence-corrected chi connectivity index (χ1v) is 17.4. The molecule has 3 aromatic rings. The van der Waals surface area contributed by atoms with Gasteiger partial charge in [-0.25, -0.2) is 4.79 Å². The number of carbonyl (C=O) groups excluding carboxylic acids is 1. The molecule has 0 aliphatic carbocycles. The van der Waals surface area contributed by atoms with Crippen molar-refractivity contribution in [3.63, 3.8) is 0 Å². The van der Waals surface area contributed by atoms with Crippen LogP contribution in [0.3, 0.4) is 0 Å². The monoisotopic (exact) mass is 669 g/mol. The molecular formula is C36H47NO9S. The number of likely N-dealkylation sites (tertiary alicyclic amines) is 1. The molecular weight excluding hydrogens is 622 g/mol. The van der Waals surface area contributed by atoms with E-state index in [2.05, 4.69) is 0 Å². The van der Waals surface area contributed by atoms with Gasteiger partial charge in [0.2, 0.25) is 0 Å². The SMILES string of the molecule is COc1ccccc1OCCCCOc1ccc(C2CCN(C(=O)OC(C)(C)C)CC2OCCOS(=O)(=O)c2ccc(C)cc2)cc1. The van der Waals surface area contributed by atoms with Gasteiger partial charge in [-0.15, -0.1) is 0 Å². The normalized spacial score (nSPS) is 16.8. The van der Waals surface area contributed by atoms with Crippen molar-refractivity contribution in [1.29, 1.82) is 0 Å². The third kappa shape index (κ3) is 11.2. The van der Waals surface area contributed by atoms with Gasteiger partial charge < -0.3 is 28.6 Å². The van der Waals surface area contributed by atoms with E-state index in [0.29, 0.717) is 38.5 Å². The van der Waals surface area contributed by atoms with Crippen LogP contribution < -0.4 is 14.2 Å². The Labute approximate surface area is 279 Å². The van der Waals surface area contributed by atoms with Crippen molar-refractivity contribution in [3.05, 3.63) is 83.9 Å². The van der Waals surface area contributed by atoms with Gasteiger partial charge in [0.05, 0.1) is 51.1 Å². The molecule has 256 valence electrons. The molecule has 0 bridgehead atoms. The van der Waals surface area contributed by atoms with Crippen LogP contribution >= 0.6 is 0 Å². The first-order valence-electron chi connectivity index (χ1n) is 16.0. The van der Waals surface area contributed by atoms with Crippen molar-refractivity contribution in [2.24, 2.45) is 0 Å². The molecule has 11 heteroatoms. The van der Waals surface area contributed by atoms with Crippen LogP contribution in [-0.2, 0) is 23.8 Å². The molecule has 1 heterocycles. The van der Waals surface area contributed by atoms with E-state index in [1.54, 1.807) is 24.1 Å². The highest BCUT2D eigenvalue weighted by Crippen LogP contribution is 2.32. The van der Waals surface area contributed by atoms with Crippen molar-refractivity contribution >= 4 is 16.2 Å². The van der Waals surface area contributed by atoms with Gasteiger partial charge in [-0.1, -0.05) is 42.0 Å². The zero-order valence-electron chi connectivity index (χ0n) is 28.0. The van der Waals surface area contributed by atoms with Crippen LogP contribution in [0.4, 0.5) is 4.79 Å². The van der Waals surface area contributed by atoms with Gasteiger partial charge in [0.25, 0.3) is 10.1 Å². The zero-order chi connectivity index (χ0) is 33.9. The summed E-state index contributed by atoms with van der Waals surface area (Å²) in [4.78, 5) is 14.6. The Balaban J connectivity index is 1.30. The number of benzene rings is 3. The van der Waals surface area contributed by atoms with Gasteiger partial charge >= 0.3 is 6.09 Å². The average molecular weight is 670 g/mol. The lowest BCUT2D eigenvalue weighted by molar-refractivity contribution is -0.0354. The van der Waals surface area contributed by atoms with Crippen molar-refractivity contribution in [3.8, 4) is 17.2 Å². The summed E-state index contributed by atoms with van der Waals surface area (Å²) >= 11 is 0. The fourth-order valence-corrected chi connectivity index (χ4v) is 6.09. The van der Waals surface area contributed by atoms with Crippen LogP contribution in [-0.4, -0.2) is 77.7 Å². The van der Waals surface area contributed by atoms with E-state index >= 15 is 0 Å². The van der Waals surface area contributed by atoms with E-state index in [1.165, 1.54) is 12.1 Å². The van der Waals surface area contributed by atoms with Gasteiger partial charge in [0.15, 0.2) is 11.5 Å². The Bertz CT molecular complexity index is 1520. The fourth-order valence-electron chi connectivity index (χ4n) is 5.20. The van der Waals surface area contributed by atoms with Gasteiger partial charge in [-0.2, -0.15) is 8.42 Å². The van der Waals surface area contributed by atoms with Crippen LogP contribution in [0, 0.1) is 6.92 Å². The highest BCUT2D eigenvalue weighted by molar-refractivity contribution is 7.86. The molecule has 0 aromatic heterocycles. The number of amides is 1. The number of para-hydroxylation sites is 2. The fraction of sp³-hybridized carbons (Fsp3) is 0.472. The largest absolute Gasteiger partial charge is 0.494 e. The molecule has 0 saturated carbocycles. The van der Waals surface area contributed by atoms with Gasteiger partial charge in [0, 0.05) is 12.5 Å². The second kappa shape index (κ2) is 16.9. The van der Waals surface area contributed by atoms with E-state index in [-0.39, 0.29) is 24.0 Å². The second-order valence-electron chi connectivity index (χ2n) is 12.4. The molecule has 3 aromatic carbocycles. The summed E-state index contributed by atoms with van der Waals surface area (Å²) < 4.78 is 59.4. The molecule has 1 aliphatic heterocycles. The smallest absolute Gasteiger partial charge is 0.410 e. The first kappa shape index (κ1) is 36.0. The third-order valence-corrected chi connectivity index (χ3v) is 8.94. The summed E-state index contributed by atoms with van der Waals surface area (Å²) in [7, 11) is -2.29. The van der Waals surface area contributed by atoms with Crippen molar-refractivity contribution < 1.29 is 41.1 Å². The molecule has 1 amide bonds. The van der Waals surface area contributed by atoms with Gasteiger partial charge in [-0.3, -0.25) is 4.18 Å². The maximum Gasteiger partial charge on any atom is 0.410 e. The minimum absolute atomic E-state index is 0.0245. The van der Waals surface area contributed by atoms with Crippen LogP contribution in [0.1, 0.15) is 57.1 Å². The number of unbranched alkanes of at least 4 members (excludes halogenated alkanes) is 1. The number of nitrogens with zero attached hydrogens (tertiary/aromatic N) is 1. The van der Waals surface area contributed by atoms with E-state index < -0.39 is 27.9 Å². The molecule has 4 rings (SSSR count). The minimum Gasteiger partial charge on any atom is -0.494 e. The summed E-state index contributed by atoms with van der Waals surface area (Å²) in [6.45, 7) is 9.20. The molecule has 1 saturated heterocycles. The number of carbonyl (C=O) groups is 1. The lowest BCUT2D eigenvalue weighted by atomic mass is 9.87. The zero-order valence-corrected chi connectivity index (χ0v) is 28.8.